The van der Waals surface area contributed by atoms with Gasteiger partial charge in [0.15, 0.2) is 0 Å². The van der Waals surface area contributed by atoms with E-state index in [1.54, 1.807) is 0 Å². The van der Waals surface area contributed by atoms with Crippen LogP contribution < -0.4 is 5.32 Å². The molecule has 10 nitrogen and oxygen atoms in total. The third-order valence-corrected chi connectivity index (χ3v) is 6.76. The third-order valence-electron chi connectivity index (χ3n) is 6.76. The molecule has 1 fully saturated rings. The molecule has 1 saturated heterocycles. The average Bonchev–Trinajstić information content (AvgIpc) is 2.63. The van der Waals surface area contributed by atoms with Gasteiger partial charge in [0.25, 0.3) is 0 Å². The second-order valence-corrected chi connectivity index (χ2v) is 13.2. The normalized spacial score (nSPS) is 21.6. The van der Waals surface area contributed by atoms with Crippen LogP contribution in [0.15, 0.2) is 0 Å². The standard InChI is InChI=1S/C26H50N4O6/c1-24(2,3)18(21(31)32)28-12-10-27-11-13-29(19(22(33)34)25(4,5)6)15-17-30(16-14-28)20(23(35)36)26(7,8)9/h18-20,27H,10-17H2,1-9H3,(H,31,32)(H,33,34)(H,35,36). The van der Waals surface area contributed by atoms with Crippen LogP contribution in [0, 0.1) is 16.2 Å². The first-order chi connectivity index (χ1) is 16.3. The van der Waals surface area contributed by atoms with Crippen molar-refractivity contribution in [1.82, 2.24) is 20.0 Å². The number of carboxylic acids is 3. The van der Waals surface area contributed by atoms with Crippen molar-refractivity contribution < 1.29 is 29.7 Å². The molecule has 1 heterocycles. The topological polar surface area (TPSA) is 134 Å². The Bertz CT molecular complexity index is 707. The zero-order valence-electron chi connectivity index (χ0n) is 23.8. The number of aliphatic carboxylic acids is 3. The zero-order chi connectivity index (χ0) is 28.1. The number of carboxylic acid groups (broad SMARTS) is 3. The lowest BCUT2D eigenvalue weighted by Crippen LogP contribution is -2.59. The minimum absolute atomic E-state index is 0.356. The highest BCUT2D eigenvalue weighted by Gasteiger charge is 2.41. The van der Waals surface area contributed by atoms with Crippen molar-refractivity contribution in [2.24, 2.45) is 16.2 Å². The summed E-state index contributed by atoms with van der Waals surface area (Å²) in [6.45, 7) is 20.6. The van der Waals surface area contributed by atoms with Crippen molar-refractivity contribution >= 4 is 17.9 Å². The number of nitrogens with zero attached hydrogens (tertiary/aromatic N) is 3. The Morgan fingerprint density at radius 1 is 0.528 bits per heavy atom. The van der Waals surface area contributed by atoms with E-state index in [1.165, 1.54) is 0 Å². The van der Waals surface area contributed by atoms with Gasteiger partial charge in [-0.25, -0.2) is 0 Å². The first kappa shape index (κ1) is 32.3. The molecule has 0 aromatic carbocycles. The van der Waals surface area contributed by atoms with Gasteiger partial charge in [0.2, 0.25) is 0 Å². The molecule has 10 heteroatoms. The van der Waals surface area contributed by atoms with Gasteiger partial charge in [-0.2, -0.15) is 0 Å². The second kappa shape index (κ2) is 12.7. The molecular weight excluding hydrogens is 464 g/mol. The van der Waals surface area contributed by atoms with Crippen molar-refractivity contribution in [3.63, 3.8) is 0 Å². The van der Waals surface area contributed by atoms with E-state index in [1.807, 2.05) is 77.0 Å². The van der Waals surface area contributed by atoms with Crippen molar-refractivity contribution in [3.8, 4) is 0 Å². The van der Waals surface area contributed by atoms with Gasteiger partial charge < -0.3 is 20.6 Å². The van der Waals surface area contributed by atoms with E-state index in [0.29, 0.717) is 52.4 Å². The molecule has 0 bridgehead atoms. The third kappa shape index (κ3) is 9.28. The lowest BCUT2D eigenvalue weighted by atomic mass is 9.84. The fourth-order valence-corrected chi connectivity index (χ4v) is 5.42. The molecule has 4 N–H and O–H groups in total. The molecule has 0 amide bonds. The van der Waals surface area contributed by atoms with Gasteiger partial charge in [-0.3, -0.25) is 29.1 Å². The summed E-state index contributed by atoms with van der Waals surface area (Å²) in [6.07, 6.45) is 0. The van der Waals surface area contributed by atoms with Gasteiger partial charge >= 0.3 is 17.9 Å². The molecule has 1 aliphatic heterocycles. The molecule has 0 radical (unpaired) electrons. The number of rotatable bonds is 6. The maximum Gasteiger partial charge on any atom is 0.321 e. The van der Waals surface area contributed by atoms with E-state index >= 15 is 0 Å². The molecule has 3 atom stereocenters. The van der Waals surface area contributed by atoms with Gasteiger partial charge in [-0.15, -0.1) is 0 Å². The maximum atomic E-state index is 12.4. The largest absolute Gasteiger partial charge is 0.480 e. The summed E-state index contributed by atoms with van der Waals surface area (Å²) in [5, 5.41) is 33.6. The minimum Gasteiger partial charge on any atom is -0.480 e. The Morgan fingerprint density at radius 3 is 0.944 bits per heavy atom. The SMILES string of the molecule is CC(C)(C)C(C(=O)O)N1CCNCCN(C(C(=O)O)C(C)(C)C)CCN(C(C(=O)O)C(C)(C)C)CC1. The molecule has 1 aliphatic rings. The molecule has 210 valence electrons. The van der Waals surface area contributed by atoms with Crippen molar-refractivity contribution in [2.75, 3.05) is 52.4 Å². The predicted molar refractivity (Wildman–Crippen MR) is 140 cm³/mol. The molecule has 0 spiro atoms. The Balaban J connectivity index is 3.41. The summed E-state index contributed by atoms with van der Waals surface area (Å²) in [7, 11) is 0. The fourth-order valence-electron chi connectivity index (χ4n) is 5.42. The van der Waals surface area contributed by atoms with E-state index in [0.717, 1.165) is 0 Å². The Labute approximate surface area is 217 Å². The molecule has 0 saturated carbocycles. The highest BCUT2D eigenvalue weighted by atomic mass is 16.4. The first-order valence-electron chi connectivity index (χ1n) is 12.9. The highest BCUT2D eigenvalue weighted by molar-refractivity contribution is 5.75. The molecular formula is C26H50N4O6. The molecule has 0 aromatic rings. The van der Waals surface area contributed by atoms with Crippen LogP contribution in [-0.4, -0.2) is 118 Å². The summed E-state index contributed by atoms with van der Waals surface area (Å²) in [5.41, 5.74) is -1.60. The van der Waals surface area contributed by atoms with Crippen LogP contribution in [0.2, 0.25) is 0 Å². The minimum atomic E-state index is -0.939. The number of hydrogen-bond acceptors (Lipinski definition) is 7. The summed E-state index contributed by atoms with van der Waals surface area (Å²) < 4.78 is 0. The van der Waals surface area contributed by atoms with Crippen LogP contribution >= 0.6 is 0 Å². The smallest absolute Gasteiger partial charge is 0.321 e. The Kier molecular flexibility index (Phi) is 11.4. The van der Waals surface area contributed by atoms with Crippen LogP contribution in [0.5, 0.6) is 0 Å². The van der Waals surface area contributed by atoms with Crippen LogP contribution in [0.4, 0.5) is 0 Å². The van der Waals surface area contributed by atoms with E-state index in [9.17, 15) is 29.7 Å². The van der Waals surface area contributed by atoms with E-state index in [-0.39, 0.29) is 0 Å². The van der Waals surface area contributed by atoms with Crippen LogP contribution in [0.1, 0.15) is 62.3 Å². The van der Waals surface area contributed by atoms with Crippen molar-refractivity contribution in [2.45, 2.75) is 80.4 Å². The molecule has 1 rings (SSSR count). The van der Waals surface area contributed by atoms with Gasteiger partial charge in [0.1, 0.15) is 18.1 Å². The number of carbonyl (C=O) groups is 3. The van der Waals surface area contributed by atoms with Gasteiger partial charge in [0.05, 0.1) is 0 Å². The molecule has 0 aromatic heterocycles. The Hall–Kier alpha value is -1.75. The van der Waals surface area contributed by atoms with Gasteiger partial charge in [-0.05, 0) is 16.2 Å². The number of hydrogen-bond donors (Lipinski definition) is 4. The quantitative estimate of drug-likeness (QED) is 0.417. The molecule has 3 unspecified atom stereocenters. The molecule has 0 aliphatic carbocycles. The zero-order valence-corrected chi connectivity index (χ0v) is 23.8. The average molecular weight is 515 g/mol. The fraction of sp³-hybridized carbons (Fsp3) is 0.885. The van der Waals surface area contributed by atoms with Crippen LogP contribution in [0.25, 0.3) is 0 Å². The predicted octanol–water partition coefficient (Wildman–Crippen LogP) is 1.99. The second-order valence-electron chi connectivity index (χ2n) is 13.2. The summed E-state index contributed by atoms with van der Waals surface area (Å²) in [6, 6.07) is -2.26. The highest BCUT2D eigenvalue weighted by Crippen LogP contribution is 2.28. The number of nitrogens with one attached hydrogen (secondary N) is 1. The van der Waals surface area contributed by atoms with E-state index in [2.05, 4.69) is 5.32 Å². The summed E-state index contributed by atoms with van der Waals surface area (Å²) in [4.78, 5) is 42.7. The maximum absolute atomic E-state index is 12.4. The first-order valence-corrected chi connectivity index (χ1v) is 12.9. The van der Waals surface area contributed by atoms with Crippen LogP contribution in [-0.2, 0) is 14.4 Å². The summed E-state index contributed by atoms with van der Waals surface area (Å²) in [5.74, 6) is -2.73. The van der Waals surface area contributed by atoms with Crippen molar-refractivity contribution in [1.29, 1.82) is 0 Å². The van der Waals surface area contributed by atoms with E-state index < -0.39 is 52.3 Å². The van der Waals surface area contributed by atoms with Gasteiger partial charge in [0, 0.05) is 52.4 Å². The Morgan fingerprint density at radius 2 is 0.750 bits per heavy atom. The van der Waals surface area contributed by atoms with E-state index in [4.69, 9.17) is 0 Å². The molecule has 36 heavy (non-hydrogen) atoms. The lowest BCUT2D eigenvalue weighted by Gasteiger charge is -2.43. The van der Waals surface area contributed by atoms with Gasteiger partial charge in [-0.1, -0.05) is 62.3 Å². The summed E-state index contributed by atoms with van der Waals surface area (Å²) >= 11 is 0. The van der Waals surface area contributed by atoms with Crippen LogP contribution in [0.3, 0.4) is 0 Å². The lowest BCUT2D eigenvalue weighted by molar-refractivity contribution is -0.152. The van der Waals surface area contributed by atoms with Crippen molar-refractivity contribution in [3.05, 3.63) is 0 Å². The monoisotopic (exact) mass is 514 g/mol.